The van der Waals surface area contributed by atoms with Gasteiger partial charge in [0.25, 0.3) is 0 Å². The number of benzene rings is 2. The van der Waals surface area contributed by atoms with Crippen molar-refractivity contribution in [2.24, 2.45) is 0 Å². The third-order valence-corrected chi connectivity index (χ3v) is 3.74. The van der Waals surface area contributed by atoms with Gasteiger partial charge in [-0.1, -0.05) is 61.3 Å². The van der Waals surface area contributed by atoms with E-state index in [1.165, 1.54) is 22.3 Å². The summed E-state index contributed by atoms with van der Waals surface area (Å²) >= 11 is 6.48. The van der Waals surface area contributed by atoms with Crippen LogP contribution in [0.1, 0.15) is 30.5 Å². The first-order chi connectivity index (χ1) is 9.47. The Bertz CT molecular complexity index is 602. The molecule has 0 aromatic heterocycles. The van der Waals surface area contributed by atoms with Crippen molar-refractivity contribution in [2.75, 3.05) is 0 Å². The number of hydrogen-bond donors (Lipinski definition) is 1. The van der Waals surface area contributed by atoms with Gasteiger partial charge in [0.2, 0.25) is 0 Å². The zero-order chi connectivity index (χ0) is 14.7. The summed E-state index contributed by atoms with van der Waals surface area (Å²) in [5, 5.41) is 4.23. The molecule has 0 saturated heterocycles. The van der Waals surface area contributed by atoms with Crippen LogP contribution in [-0.2, 0) is 6.54 Å². The van der Waals surface area contributed by atoms with Crippen molar-refractivity contribution >= 4 is 11.6 Å². The van der Waals surface area contributed by atoms with Gasteiger partial charge in [0.15, 0.2) is 0 Å². The molecule has 2 rings (SSSR count). The predicted molar refractivity (Wildman–Crippen MR) is 88.3 cm³/mol. The summed E-state index contributed by atoms with van der Waals surface area (Å²) in [6.45, 7) is 9.37. The molecule has 0 radical (unpaired) electrons. The molecule has 0 aliphatic carbocycles. The number of halogens is 1. The van der Waals surface area contributed by atoms with E-state index in [0.717, 1.165) is 17.1 Å². The van der Waals surface area contributed by atoms with Crippen LogP contribution < -0.4 is 5.32 Å². The summed E-state index contributed by atoms with van der Waals surface area (Å²) in [4.78, 5) is 0. The van der Waals surface area contributed by atoms with E-state index in [0.29, 0.717) is 6.04 Å². The summed E-state index contributed by atoms with van der Waals surface area (Å²) in [5.74, 6) is 0. The summed E-state index contributed by atoms with van der Waals surface area (Å²) in [5.41, 5.74) is 6.06. The Hall–Kier alpha value is -1.31. The molecule has 0 fully saturated rings. The molecular formula is C18H22ClN. The SMILES string of the molecule is Cc1ccc(C)c(-c2ccc(CNC(C)C)cc2Cl)c1. The van der Waals surface area contributed by atoms with Gasteiger partial charge in [-0.25, -0.2) is 0 Å². The number of nitrogens with one attached hydrogen (secondary N) is 1. The van der Waals surface area contributed by atoms with Gasteiger partial charge in [-0.05, 0) is 36.6 Å². The van der Waals surface area contributed by atoms with E-state index in [2.05, 4.69) is 69.4 Å². The van der Waals surface area contributed by atoms with Gasteiger partial charge in [0.05, 0.1) is 0 Å². The Kier molecular flexibility index (Phi) is 4.85. The maximum atomic E-state index is 6.48. The van der Waals surface area contributed by atoms with E-state index in [4.69, 9.17) is 11.6 Å². The molecule has 2 heteroatoms. The monoisotopic (exact) mass is 287 g/mol. The van der Waals surface area contributed by atoms with Crippen LogP contribution in [0, 0.1) is 13.8 Å². The van der Waals surface area contributed by atoms with Crippen molar-refractivity contribution in [3.63, 3.8) is 0 Å². The molecule has 106 valence electrons. The molecule has 0 heterocycles. The second-order valence-electron chi connectivity index (χ2n) is 5.67. The van der Waals surface area contributed by atoms with E-state index in [1.54, 1.807) is 0 Å². The summed E-state index contributed by atoms with van der Waals surface area (Å²) in [6.07, 6.45) is 0. The van der Waals surface area contributed by atoms with Crippen LogP contribution in [0.4, 0.5) is 0 Å². The minimum absolute atomic E-state index is 0.479. The van der Waals surface area contributed by atoms with Crippen molar-refractivity contribution in [3.05, 3.63) is 58.1 Å². The van der Waals surface area contributed by atoms with Gasteiger partial charge in [0, 0.05) is 23.2 Å². The average Bonchev–Trinajstić information content (AvgIpc) is 2.39. The third-order valence-electron chi connectivity index (χ3n) is 3.43. The molecule has 0 unspecified atom stereocenters. The Morgan fingerprint density at radius 2 is 1.75 bits per heavy atom. The molecule has 0 amide bonds. The van der Waals surface area contributed by atoms with Crippen LogP contribution in [0.15, 0.2) is 36.4 Å². The van der Waals surface area contributed by atoms with Crippen molar-refractivity contribution in [1.82, 2.24) is 5.32 Å². The molecule has 0 aliphatic rings. The molecule has 0 saturated carbocycles. The fraction of sp³-hybridized carbons (Fsp3) is 0.333. The molecule has 0 atom stereocenters. The largest absolute Gasteiger partial charge is 0.310 e. The predicted octanol–water partition coefficient (Wildman–Crippen LogP) is 5.12. The van der Waals surface area contributed by atoms with Crippen molar-refractivity contribution in [3.8, 4) is 11.1 Å². The molecule has 0 bridgehead atoms. The molecule has 2 aromatic carbocycles. The van der Waals surface area contributed by atoms with Gasteiger partial charge in [-0.3, -0.25) is 0 Å². The fourth-order valence-electron chi connectivity index (χ4n) is 2.23. The minimum Gasteiger partial charge on any atom is -0.310 e. The minimum atomic E-state index is 0.479. The van der Waals surface area contributed by atoms with Gasteiger partial charge in [-0.15, -0.1) is 0 Å². The molecular weight excluding hydrogens is 266 g/mol. The molecule has 2 aromatic rings. The fourth-order valence-corrected chi connectivity index (χ4v) is 2.54. The second kappa shape index (κ2) is 6.43. The van der Waals surface area contributed by atoms with Crippen LogP contribution in [0.3, 0.4) is 0 Å². The summed E-state index contributed by atoms with van der Waals surface area (Å²) < 4.78 is 0. The van der Waals surface area contributed by atoms with Crippen molar-refractivity contribution in [1.29, 1.82) is 0 Å². The molecule has 1 N–H and O–H groups in total. The van der Waals surface area contributed by atoms with Crippen LogP contribution in [0.5, 0.6) is 0 Å². The molecule has 1 nitrogen and oxygen atoms in total. The average molecular weight is 288 g/mol. The first-order valence-corrected chi connectivity index (χ1v) is 7.44. The Labute approximate surface area is 127 Å². The molecule has 0 aliphatic heterocycles. The Morgan fingerprint density at radius 1 is 1.00 bits per heavy atom. The lowest BCUT2D eigenvalue weighted by atomic mass is 9.97. The van der Waals surface area contributed by atoms with E-state index < -0.39 is 0 Å². The molecule has 20 heavy (non-hydrogen) atoms. The topological polar surface area (TPSA) is 12.0 Å². The van der Waals surface area contributed by atoms with E-state index in [-0.39, 0.29) is 0 Å². The Balaban J connectivity index is 2.32. The smallest absolute Gasteiger partial charge is 0.0487 e. The normalized spacial score (nSPS) is 11.1. The first kappa shape index (κ1) is 15.1. The Morgan fingerprint density at radius 3 is 2.40 bits per heavy atom. The zero-order valence-electron chi connectivity index (χ0n) is 12.6. The van der Waals surface area contributed by atoms with Crippen molar-refractivity contribution < 1.29 is 0 Å². The highest BCUT2D eigenvalue weighted by Crippen LogP contribution is 2.31. The lowest BCUT2D eigenvalue weighted by Crippen LogP contribution is -2.21. The van der Waals surface area contributed by atoms with E-state index in [1.807, 2.05) is 0 Å². The van der Waals surface area contributed by atoms with Gasteiger partial charge in [-0.2, -0.15) is 0 Å². The molecule has 0 spiro atoms. The van der Waals surface area contributed by atoms with Gasteiger partial charge < -0.3 is 5.32 Å². The highest BCUT2D eigenvalue weighted by molar-refractivity contribution is 6.33. The second-order valence-corrected chi connectivity index (χ2v) is 6.08. The van der Waals surface area contributed by atoms with Crippen LogP contribution in [0.2, 0.25) is 5.02 Å². The third kappa shape index (κ3) is 3.62. The number of aryl methyl sites for hydroxylation is 2. The first-order valence-electron chi connectivity index (χ1n) is 7.07. The van der Waals surface area contributed by atoms with Crippen LogP contribution in [-0.4, -0.2) is 6.04 Å². The zero-order valence-corrected chi connectivity index (χ0v) is 13.4. The van der Waals surface area contributed by atoms with E-state index >= 15 is 0 Å². The van der Waals surface area contributed by atoms with Crippen LogP contribution in [0.25, 0.3) is 11.1 Å². The maximum Gasteiger partial charge on any atom is 0.0487 e. The van der Waals surface area contributed by atoms with Crippen LogP contribution >= 0.6 is 11.6 Å². The lowest BCUT2D eigenvalue weighted by Gasteiger charge is -2.12. The van der Waals surface area contributed by atoms with Gasteiger partial charge in [0.1, 0.15) is 0 Å². The summed E-state index contributed by atoms with van der Waals surface area (Å²) in [7, 11) is 0. The van der Waals surface area contributed by atoms with Crippen molar-refractivity contribution in [2.45, 2.75) is 40.3 Å². The van der Waals surface area contributed by atoms with E-state index in [9.17, 15) is 0 Å². The highest BCUT2D eigenvalue weighted by atomic mass is 35.5. The summed E-state index contributed by atoms with van der Waals surface area (Å²) in [6, 6.07) is 13.3. The lowest BCUT2D eigenvalue weighted by molar-refractivity contribution is 0.589. The maximum absolute atomic E-state index is 6.48. The quantitative estimate of drug-likeness (QED) is 0.823. The van der Waals surface area contributed by atoms with Gasteiger partial charge >= 0.3 is 0 Å². The highest BCUT2D eigenvalue weighted by Gasteiger charge is 2.08. The standard InChI is InChI=1S/C18H22ClN/c1-12(2)20-11-15-7-8-16(18(19)10-15)17-9-13(3)5-6-14(17)4/h5-10,12,20H,11H2,1-4H3. The number of hydrogen-bond acceptors (Lipinski definition) is 1. The number of rotatable bonds is 4.